The normalized spacial score (nSPS) is 45.8. The van der Waals surface area contributed by atoms with Gasteiger partial charge in [0.15, 0.2) is 17.4 Å². The minimum Gasteiger partial charge on any atom is -0.390 e. The molecule has 0 radical (unpaired) electrons. The van der Waals surface area contributed by atoms with Gasteiger partial charge in [0.2, 0.25) is 0 Å². The molecule has 20 atom stereocenters. The predicted molar refractivity (Wildman–Crippen MR) is 279 cm³/mol. The molecule has 74 heavy (non-hydrogen) atoms. The highest BCUT2D eigenvalue weighted by Gasteiger charge is 2.71. The Hall–Kier alpha value is -1.66. The Bertz CT molecular complexity index is 2190. The highest BCUT2D eigenvalue weighted by molar-refractivity contribution is 5.95. The van der Waals surface area contributed by atoms with Gasteiger partial charge in [0.25, 0.3) is 0 Å². The van der Waals surface area contributed by atoms with Gasteiger partial charge in [-0.1, -0.05) is 34.6 Å². The number of aliphatic hydroxyl groups is 9. The molecule has 422 valence electrons. The monoisotopic (exact) mass is 1040 g/mol. The van der Waals surface area contributed by atoms with E-state index in [-0.39, 0.29) is 77.5 Å². The van der Waals surface area contributed by atoms with Crippen LogP contribution in [0.4, 0.5) is 0 Å². The van der Waals surface area contributed by atoms with Crippen molar-refractivity contribution in [1.82, 2.24) is 0 Å². The maximum absolute atomic E-state index is 13.6. The van der Waals surface area contributed by atoms with Crippen LogP contribution in [0.1, 0.15) is 199 Å². The van der Waals surface area contributed by atoms with E-state index in [1.54, 1.807) is 46.8 Å². The second-order valence-corrected chi connectivity index (χ2v) is 28.8. The number of carbonyl (C=O) groups is 2. The fourth-order valence-corrected chi connectivity index (χ4v) is 18.1. The molecule has 0 aromatic heterocycles. The molecule has 1 heterocycles. The number of allylic oxidation sites excluding steroid dienone is 2. The van der Waals surface area contributed by atoms with E-state index in [2.05, 4.69) is 13.8 Å². The molecule has 14 nitrogen and oxygen atoms in total. The van der Waals surface area contributed by atoms with E-state index in [0.717, 1.165) is 36.8 Å². The number of hydrogen-bond acceptors (Lipinski definition) is 14. The molecule has 9 aliphatic rings. The van der Waals surface area contributed by atoms with E-state index in [1.165, 1.54) is 0 Å². The van der Waals surface area contributed by atoms with Crippen molar-refractivity contribution in [3.05, 3.63) is 23.3 Å². The van der Waals surface area contributed by atoms with E-state index in [4.69, 9.17) is 14.2 Å². The molecule has 0 bridgehead atoms. The number of ether oxygens (including phenoxy) is 3. The molecule has 0 spiro atoms. The lowest BCUT2D eigenvalue weighted by atomic mass is 9.45. The van der Waals surface area contributed by atoms with E-state index in [9.17, 15) is 55.5 Å². The van der Waals surface area contributed by atoms with E-state index < -0.39 is 80.1 Å². The Labute approximate surface area is 442 Å². The van der Waals surface area contributed by atoms with Gasteiger partial charge in [-0.3, -0.25) is 9.59 Å². The van der Waals surface area contributed by atoms with Gasteiger partial charge in [-0.25, -0.2) is 0 Å². The molecule has 7 fully saturated rings. The van der Waals surface area contributed by atoms with Gasteiger partial charge < -0.3 is 60.2 Å². The summed E-state index contributed by atoms with van der Waals surface area (Å²) in [4.78, 5) is 27.0. The van der Waals surface area contributed by atoms with Crippen molar-refractivity contribution in [2.75, 3.05) is 6.61 Å². The first-order valence-electron chi connectivity index (χ1n) is 28.7. The number of rotatable bonds is 13. The molecule has 0 aromatic carbocycles. The number of ketones is 2. The second kappa shape index (κ2) is 19.3. The Morgan fingerprint density at radius 2 is 1.08 bits per heavy atom. The summed E-state index contributed by atoms with van der Waals surface area (Å²) >= 11 is 0. The number of hydrogen-bond donors (Lipinski definition) is 9. The smallest absolute Gasteiger partial charge is 0.163 e. The largest absolute Gasteiger partial charge is 0.390 e. The molecule has 10 unspecified atom stereocenters. The summed E-state index contributed by atoms with van der Waals surface area (Å²) in [6.45, 7) is 25.1. The van der Waals surface area contributed by atoms with Crippen LogP contribution in [0.2, 0.25) is 0 Å². The first-order chi connectivity index (χ1) is 33.9. The van der Waals surface area contributed by atoms with Gasteiger partial charge >= 0.3 is 0 Å². The van der Waals surface area contributed by atoms with Crippen LogP contribution in [0.25, 0.3) is 0 Å². The van der Waals surface area contributed by atoms with Crippen LogP contribution in [-0.2, 0) is 23.8 Å². The zero-order valence-corrected chi connectivity index (χ0v) is 47.4. The summed E-state index contributed by atoms with van der Waals surface area (Å²) < 4.78 is 18.6. The Morgan fingerprint density at radius 1 is 0.622 bits per heavy atom. The average molecular weight is 1040 g/mol. The molecule has 9 rings (SSSR count). The zero-order chi connectivity index (χ0) is 55.0. The van der Waals surface area contributed by atoms with E-state index in [1.807, 2.05) is 41.5 Å². The topological polar surface area (TPSA) is 244 Å². The van der Waals surface area contributed by atoms with Crippen LogP contribution >= 0.6 is 0 Å². The standard InChI is InChI=1S/C30H48O7.C30H50O7/c1-25(2,33)11-10-24(32)29(7,34)23-9-13-30(35)18-14-20(31)19-15-21-22(37-26(3,4)36-21)16-27(19,5)17(18)8-12-28(23,30)6;1-7-14-37-25(10-11-26(2,3)34)29(6,35)24-9-13-30(36)19-15-21(31)20-16-22(32)23(33)17-27(20,4)18(19)8-12-28(24,30)5/h14,17,19,21-24,32-35H,8-13,15-16H2,1-7H3;15,18,20,22-25,32-36H,7-14,16-17H2,1-6H3/t17?,19?,21-,22+,23?,24-,27?,28?,29-,30-;18?,20?,22-,23+,24?,25-,27?,28?,29-,30-/m11/s1. The highest BCUT2D eigenvalue weighted by atomic mass is 16.8. The lowest BCUT2D eigenvalue weighted by molar-refractivity contribution is -0.186. The lowest BCUT2D eigenvalue weighted by Gasteiger charge is -2.60. The van der Waals surface area contributed by atoms with Gasteiger partial charge in [-0.2, -0.15) is 0 Å². The van der Waals surface area contributed by atoms with Crippen LogP contribution in [0.5, 0.6) is 0 Å². The van der Waals surface area contributed by atoms with Crippen LogP contribution in [-0.4, -0.2) is 140 Å². The van der Waals surface area contributed by atoms with Crippen molar-refractivity contribution in [2.24, 2.45) is 57.2 Å². The molecular formula is C60H98O14. The first kappa shape index (κ1) is 58.5. The zero-order valence-electron chi connectivity index (χ0n) is 47.4. The van der Waals surface area contributed by atoms with E-state index in [0.29, 0.717) is 77.2 Å². The van der Waals surface area contributed by atoms with Gasteiger partial charge in [0.1, 0.15) is 0 Å². The SMILES string of the molecule is CC(C)(O)CC[C@@H](O)[C@](C)(O)C1CC[C@@]2(O)C3=CC(=O)C4C[C@H]5OC(C)(C)O[C@H]5CC4(C)C3CCC12C.CCCO[C@H](CCC(C)(C)O)[C@](C)(O)C1CC[C@@]2(O)C3=CC(=O)C4C[C@@H](O)[C@@H](O)CC4(C)C3CCC12C. The summed E-state index contributed by atoms with van der Waals surface area (Å²) in [5, 5.41) is 101. The first-order valence-corrected chi connectivity index (χ1v) is 28.7. The molecule has 0 amide bonds. The van der Waals surface area contributed by atoms with Gasteiger partial charge in [-0.15, -0.1) is 0 Å². The van der Waals surface area contributed by atoms with Gasteiger partial charge in [0, 0.05) is 29.3 Å². The number of fused-ring (bicyclic) bond motifs is 11. The third-order valence-electron chi connectivity index (χ3n) is 22.4. The third-order valence-corrected chi connectivity index (χ3v) is 22.4. The molecule has 14 heteroatoms. The fourth-order valence-electron chi connectivity index (χ4n) is 18.1. The summed E-state index contributed by atoms with van der Waals surface area (Å²) in [6.07, 6.45) is 9.40. The van der Waals surface area contributed by atoms with Crippen molar-refractivity contribution in [1.29, 1.82) is 0 Å². The van der Waals surface area contributed by atoms with Crippen LogP contribution < -0.4 is 0 Å². The lowest BCUT2D eigenvalue weighted by Crippen LogP contribution is -2.63. The molecular weight excluding hydrogens is 945 g/mol. The Balaban J connectivity index is 0.000000197. The van der Waals surface area contributed by atoms with Crippen molar-refractivity contribution in [2.45, 2.75) is 275 Å². The van der Waals surface area contributed by atoms with Crippen LogP contribution in [0, 0.1) is 57.2 Å². The maximum atomic E-state index is 13.6. The summed E-state index contributed by atoms with van der Waals surface area (Å²) in [6, 6.07) is 0. The van der Waals surface area contributed by atoms with Gasteiger partial charge in [0.05, 0.1) is 70.2 Å². The predicted octanol–water partition coefficient (Wildman–Crippen LogP) is 6.94. The fraction of sp³-hybridized carbons (Fsp3) is 0.900. The molecule has 6 saturated carbocycles. The van der Waals surface area contributed by atoms with Crippen molar-refractivity contribution >= 4 is 11.6 Å². The van der Waals surface area contributed by atoms with Crippen LogP contribution in [0.3, 0.4) is 0 Å². The second-order valence-electron chi connectivity index (χ2n) is 28.8. The summed E-state index contributed by atoms with van der Waals surface area (Å²) in [5.74, 6) is -1.76. The van der Waals surface area contributed by atoms with Crippen molar-refractivity contribution in [3.8, 4) is 0 Å². The van der Waals surface area contributed by atoms with Crippen molar-refractivity contribution < 1.29 is 69.8 Å². The highest BCUT2D eigenvalue weighted by Crippen LogP contribution is 2.71. The summed E-state index contributed by atoms with van der Waals surface area (Å²) in [5.41, 5.74) is -7.51. The Morgan fingerprint density at radius 3 is 1.58 bits per heavy atom. The Kier molecular flexibility index (Phi) is 15.2. The van der Waals surface area contributed by atoms with Crippen LogP contribution in [0.15, 0.2) is 23.3 Å². The molecule has 9 N–H and O–H groups in total. The average Bonchev–Trinajstić information content (AvgIpc) is 3.86. The minimum absolute atomic E-state index is 0.0542. The molecule has 0 aromatic rings. The quantitative estimate of drug-likeness (QED) is 0.0908. The van der Waals surface area contributed by atoms with Crippen molar-refractivity contribution in [3.63, 3.8) is 0 Å². The summed E-state index contributed by atoms with van der Waals surface area (Å²) in [7, 11) is 0. The number of carbonyl (C=O) groups excluding carboxylic acids is 2. The minimum atomic E-state index is -1.43. The van der Waals surface area contributed by atoms with Gasteiger partial charge in [-0.05, 0) is 222 Å². The molecule has 1 aliphatic heterocycles. The third kappa shape index (κ3) is 9.53. The molecule has 8 aliphatic carbocycles. The molecule has 1 saturated heterocycles. The number of aliphatic hydroxyl groups excluding tert-OH is 3. The van der Waals surface area contributed by atoms with E-state index >= 15 is 0 Å². The maximum Gasteiger partial charge on any atom is 0.163 e.